The maximum Gasteiger partial charge on any atom is 0.364 e. The molecule has 0 aliphatic heterocycles. The van der Waals surface area contributed by atoms with Gasteiger partial charge in [0.1, 0.15) is 11.5 Å². The number of nitrogens with two attached hydrogens (primary N) is 1. The lowest BCUT2D eigenvalue weighted by Gasteiger charge is -2.20. The second-order valence-corrected chi connectivity index (χ2v) is 7.16. The van der Waals surface area contributed by atoms with Crippen LogP contribution in [0.4, 0.5) is 21.5 Å². The number of H-pyrrole nitrogens is 2. The van der Waals surface area contributed by atoms with Gasteiger partial charge in [-0.2, -0.15) is 8.42 Å². The Balaban J connectivity index is 1.96. The van der Waals surface area contributed by atoms with Crippen molar-refractivity contribution < 1.29 is 22.2 Å². The van der Waals surface area contributed by atoms with E-state index in [2.05, 4.69) is 4.98 Å². The molecule has 0 unspecified atom stereocenters. The van der Waals surface area contributed by atoms with Crippen LogP contribution in [0.5, 0.6) is 0 Å². The monoisotopic (exact) mass is 435 g/mol. The molecule has 0 atom stereocenters. The molecule has 3 aromatic rings. The highest BCUT2D eigenvalue weighted by molar-refractivity contribution is 7.87. The number of aromatic nitrogens is 2. The molecular formula is C17H14FN5O6S. The van der Waals surface area contributed by atoms with Gasteiger partial charge in [-0.3, -0.25) is 19.1 Å². The number of hydrazine groups is 1. The third-order valence-electron chi connectivity index (χ3n) is 3.92. The average molecular weight is 435 g/mol. The van der Waals surface area contributed by atoms with Gasteiger partial charge in [-0.05, 0) is 48.5 Å². The summed E-state index contributed by atoms with van der Waals surface area (Å²) >= 11 is 0. The molecule has 1 aromatic heterocycles. The lowest BCUT2D eigenvalue weighted by atomic mass is 10.1. The molecular weight excluding hydrogens is 421 g/mol. The molecule has 0 radical (unpaired) electrons. The van der Waals surface area contributed by atoms with E-state index in [1.165, 1.54) is 24.3 Å². The molecule has 0 saturated carbocycles. The first kappa shape index (κ1) is 20.9. The maximum absolute atomic E-state index is 13.0. The summed E-state index contributed by atoms with van der Waals surface area (Å²) in [4.78, 5) is 39.5. The molecule has 0 aliphatic carbocycles. The van der Waals surface area contributed by atoms with Gasteiger partial charge < -0.3 is 4.98 Å². The summed E-state index contributed by atoms with van der Waals surface area (Å²) in [5.41, 5.74) is -2.47. The largest absolute Gasteiger partial charge is 0.364 e. The smallest absolute Gasteiger partial charge is 0.312 e. The first-order chi connectivity index (χ1) is 14.1. The minimum absolute atomic E-state index is 0.0382. The molecule has 13 heteroatoms. The first-order valence-electron chi connectivity index (χ1n) is 8.12. The van der Waals surface area contributed by atoms with Crippen molar-refractivity contribution in [3.63, 3.8) is 0 Å². The summed E-state index contributed by atoms with van der Waals surface area (Å²) in [6.45, 7) is 0. The highest BCUT2D eigenvalue weighted by Crippen LogP contribution is 2.25. The van der Waals surface area contributed by atoms with E-state index in [-0.39, 0.29) is 21.2 Å². The average Bonchev–Trinajstić information content (AvgIpc) is 2.69. The van der Waals surface area contributed by atoms with E-state index in [1.807, 2.05) is 4.98 Å². The first-order valence-corrected chi connectivity index (χ1v) is 9.52. The van der Waals surface area contributed by atoms with E-state index in [0.29, 0.717) is 0 Å². The molecule has 2 aromatic carbocycles. The van der Waals surface area contributed by atoms with Gasteiger partial charge >= 0.3 is 16.0 Å². The topological polar surface area (TPSA) is 170 Å². The molecule has 0 bridgehead atoms. The second-order valence-electron chi connectivity index (χ2n) is 5.90. The van der Waals surface area contributed by atoms with Gasteiger partial charge in [-0.1, -0.05) is 0 Å². The van der Waals surface area contributed by atoms with Gasteiger partial charge in [0.05, 0.1) is 11.4 Å². The molecule has 3 rings (SSSR count). The van der Waals surface area contributed by atoms with E-state index in [9.17, 15) is 31.7 Å². The van der Waals surface area contributed by atoms with Gasteiger partial charge in [0.15, 0.2) is 0 Å². The normalized spacial score (nSPS) is 11.2. The zero-order chi connectivity index (χ0) is 22.1. The number of hydrogen-bond donors (Lipinski definition) is 4. The van der Waals surface area contributed by atoms with Crippen LogP contribution < -0.4 is 26.4 Å². The van der Waals surface area contributed by atoms with Crippen molar-refractivity contribution in [2.24, 2.45) is 5.84 Å². The lowest BCUT2D eigenvalue weighted by Crippen LogP contribution is -2.37. The number of hydrogen-bond acceptors (Lipinski definition) is 6. The molecule has 1 heterocycles. The molecule has 5 N–H and O–H groups in total. The Morgan fingerprint density at radius 3 is 2.10 bits per heavy atom. The fourth-order valence-corrected chi connectivity index (χ4v) is 3.32. The van der Waals surface area contributed by atoms with Crippen LogP contribution in [0.1, 0.15) is 10.4 Å². The van der Waals surface area contributed by atoms with E-state index < -0.39 is 39.0 Å². The van der Waals surface area contributed by atoms with E-state index in [1.54, 1.807) is 0 Å². The van der Waals surface area contributed by atoms with Gasteiger partial charge in [0, 0.05) is 11.8 Å². The van der Waals surface area contributed by atoms with Crippen LogP contribution in [0.25, 0.3) is 0 Å². The fourth-order valence-electron chi connectivity index (χ4n) is 2.55. The van der Waals surface area contributed by atoms with Crippen LogP contribution >= 0.6 is 0 Å². The Hall–Kier alpha value is -3.81. The van der Waals surface area contributed by atoms with E-state index in [4.69, 9.17) is 5.84 Å². The summed E-state index contributed by atoms with van der Waals surface area (Å²) in [6, 6.07) is 9.54. The van der Waals surface area contributed by atoms with E-state index in [0.717, 1.165) is 35.5 Å². The van der Waals surface area contributed by atoms with Gasteiger partial charge in [0.25, 0.3) is 11.5 Å². The standard InChI is InChI=1S/C17H14FN5O6S/c18-11-3-7-12(8-4-11)22(19)16(25)10-1-5-13(6-2-10)23(30(27,28)29)14-9-20-17(26)21-15(14)24/h1-9H,19H2,(H,27,28,29)(H2,20,21,24,26). The van der Waals surface area contributed by atoms with Crippen molar-refractivity contribution in [1.29, 1.82) is 0 Å². The Labute approximate surface area is 168 Å². The number of anilines is 3. The zero-order valence-corrected chi connectivity index (χ0v) is 15.8. The fraction of sp³-hybridized carbons (Fsp3) is 0. The second kappa shape index (κ2) is 7.90. The molecule has 11 nitrogen and oxygen atoms in total. The summed E-state index contributed by atoms with van der Waals surface area (Å²) in [5.74, 6) is 4.55. The van der Waals surface area contributed by atoms with Crippen molar-refractivity contribution in [2.45, 2.75) is 0 Å². The number of nitrogens with one attached hydrogen (secondary N) is 2. The molecule has 0 fully saturated rings. The number of carbonyl (C=O) groups excluding carboxylic acids is 1. The summed E-state index contributed by atoms with van der Waals surface area (Å²) in [6.07, 6.45) is 0.810. The lowest BCUT2D eigenvalue weighted by molar-refractivity contribution is 0.0987. The van der Waals surface area contributed by atoms with Crippen LogP contribution in [0, 0.1) is 5.82 Å². The number of aromatic amines is 2. The van der Waals surface area contributed by atoms with Crippen molar-refractivity contribution in [3.8, 4) is 0 Å². The molecule has 0 aliphatic rings. The Bertz CT molecular complexity index is 1300. The molecule has 156 valence electrons. The minimum atomic E-state index is -4.97. The van der Waals surface area contributed by atoms with Crippen LogP contribution in [0.2, 0.25) is 0 Å². The Morgan fingerprint density at radius 2 is 1.57 bits per heavy atom. The van der Waals surface area contributed by atoms with Gasteiger partial charge in [-0.15, -0.1) is 0 Å². The molecule has 1 amide bonds. The van der Waals surface area contributed by atoms with Gasteiger partial charge in [-0.25, -0.2) is 24.3 Å². The summed E-state index contributed by atoms with van der Waals surface area (Å²) in [5, 5.41) is 0.766. The highest BCUT2D eigenvalue weighted by atomic mass is 32.2. The third-order valence-corrected chi connectivity index (χ3v) is 4.79. The van der Waals surface area contributed by atoms with E-state index >= 15 is 0 Å². The Kier molecular flexibility index (Phi) is 5.51. The number of amides is 1. The van der Waals surface area contributed by atoms with Crippen LogP contribution in [0.3, 0.4) is 0 Å². The van der Waals surface area contributed by atoms with Crippen molar-refractivity contribution in [2.75, 3.05) is 9.31 Å². The molecule has 0 spiro atoms. The van der Waals surface area contributed by atoms with Crippen LogP contribution in [0.15, 0.2) is 64.3 Å². The highest BCUT2D eigenvalue weighted by Gasteiger charge is 2.25. The van der Waals surface area contributed by atoms with Crippen molar-refractivity contribution in [1.82, 2.24) is 9.97 Å². The van der Waals surface area contributed by atoms with Gasteiger partial charge in [0.2, 0.25) is 0 Å². The maximum atomic E-state index is 13.0. The predicted molar refractivity (Wildman–Crippen MR) is 105 cm³/mol. The van der Waals surface area contributed by atoms with Crippen LogP contribution in [-0.2, 0) is 10.3 Å². The number of halogens is 1. The number of benzene rings is 2. The van der Waals surface area contributed by atoms with Crippen molar-refractivity contribution in [3.05, 3.63) is 86.9 Å². The zero-order valence-electron chi connectivity index (χ0n) is 14.9. The summed E-state index contributed by atoms with van der Waals surface area (Å²) in [7, 11) is -4.97. The Morgan fingerprint density at radius 1 is 1.00 bits per heavy atom. The quantitative estimate of drug-likeness (QED) is 0.197. The molecule has 30 heavy (non-hydrogen) atoms. The SMILES string of the molecule is NN(C(=O)c1ccc(N(c2c[nH]c(=O)[nH]c2=O)S(=O)(=O)O)cc1)c1ccc(F)cc1. The van der Waals surface area contributed by atoms with Crippen molar-refractivity contribution >= 4 is 33.3 Å². The molecule has 0 saturated heterocycles. The predicted octanol–water partition coefficient (Wildman–Crippen LogP) is 0.664. The van der Waals surface area contributed by atoms with Crippen LogP contribution in [-0.4, -0.2) is 28.8 Å². The third kappa shape index (κ3) is 4.27. The minimum Gasteiger partial charge on any atom is -0.312 e. The number of nitrogens with zero attached hydrogens (tertiary/aromatic N) is 2. The summed E-state index contributed by atoms with van der Waals surface area (Å²) < 4.78 is 46.5. The number of rotatable bonds is 5. The number of carbonyl (C=O) groups is 1.